The van der Waals surface area contributed by atoms with Gasteiger partial charge in [-0.2, -0.15) is 0 Å². The minimum Gasteiger partial charge on any atom is -0.378 e. The molecular formula is C17H24N2O3S. The summed E-state index contributed by atoms with van der Waals surface area (Å²) < 4.78 is 12.0. The molecule has 0 N–H and O–H groups in total. The van der Waals surface area contributed by atoms with E-state index in [-0.39, 0.29) is 23.7 Å². The van der Waals surface area contributed by atoms with Crippen molar-refractivity contribution in [1.82, 2.24) is 9.88 Å². The number of carbonyl (C=O) groups is 1. The lowest BCUT2D eigenvalue weighted by molar-refractivity contribution is -0.0976. The predicted molar refractivity (Wildman–Crippen MR) is 87.6 cm³/mol. The van der Waals surface area contributed by atoms with Crippen molar-refractivity contribution in [1.29, 1.82) is 0 Å². The van der Waals surface area contributed by atoms with Crippen LogP contribution in [0.1, 0.15) is 48.2 Å². The smallest absolute Gasteiger partial charge is 0.265 e. The summed E-state index contributed by atoms with van der Waals surface area (Å²) in [5, 5.41) is 0. The van der Waals surface area contributed by atoms with E-state index in [1.54, 1.807) is 18.8 Å². The van der Waals surface area contributed by atoms with E-state index in [0.29, 0.717) is 0 Å². The molecule has 2 saturated carbocycles. The third-order valence-corrected chi connectivity index (χ3v) is 6.47. The Morgan fingerprint density at radius 3 is 3.00 bits per heavy atom. The number of carbonyl (C=O) groups excluding carboxylic acids is 1. The Balaban J connectivity index is 1.48. The van der Waals surface area contributed by atoms with Crippen LogP contribution in [0.4, 0.5) is 0 Å². The first-order valence-electron chi connectivity index (χ1n) is 8.58. The number of fused-ring (bicyclic) bond motifs is 1. The molecule has 0 aromatic carbocycles. The zero-order chi connectivity index (χ0) is 15.9. The van der Waals surface area contributed by atoms with Crippen LogP contribution in [0, 0.1) is 5.92 Å². The van der Waals surface area contributed by atoms with Crippen LogP contribution < -0.4 is 0 Å². The van der Waals surface area contributed by atoms with E-state index < -0.39 is 0 Å². The summed E-state index contributed by atoms with van der Waals surface area (Å²) in [5.41, 5.74) is 1.54. The maximum absolute atomic E-state index is 12.8. The Hall–Kier alpha value is -0.980. The van der Waals surface area contributed by atoms with Gasteiger partial charge in [0, 0.05) is 20.3 Å². The fourth-order valence-corrected chi connectivity index (χ4v) is 4.65. The molecule has 3 aliphatic rings. The van der Waals surface area contributed by atoms with E-state index in [2.05, 4.69) is 4.98 Å². The first kappa shape index (κ1) is 15.5. The number of likely N-dealkylation sites (tertiary alicyclic amines) is 1. The molecule has 1 saturated heterocycles. The third-order valence-electron chi connectivity index (χ3n) is 5.71. The number of nitrogens with zero attached hydrogens (tertiary/aromatic N) is 2. The first-order chi connectivity index (χ1) is 11.2. The second kappa shape index (κ2) is 6.15. The summed E-state index contributed by atoms with van der Waals surface area (Å²) in [6, 6.07) is 0.125. The molecule has 3 atom stereocenters. The molecule has 6 heteroatoms. The number of thiazole rings is 1. The van der Waals surface area contributed by atoms with Crippen LogP contribution in [-0.2, 0) is 9.47 Å². The standard InChI is InChI=1S/C17H24N2O3S/c1-21-17-5-4-13(22-10-12-2-3-12)8-15(17)19(7-6-17)16(20)14-9-18-11-23-14/h9,11-13,15H,2-8,10H2,1H3/t13-,15-,17+/m0/s1. The summed E-state index contributed by atoms with van der Waals surface area (Å²) in [7, 11) is 1.79. The van der Waals surface area contributed by atoms with Gasteiger partial charge in [0.05, 0.1) is 29.5 Å². The number of hydrogen-bond acceptors (Lipinski definition) is 5. The monoisotopic (exact) mass is 336 g/mol. The van der Waals surface area contributed by atoms with Crippen molar-refractivity contribution in [2.24, 2.45) is 5.92 Å². The number of amides is 1. The third kappa shape index (κ3) is 2.92. The van der Waals surface area contributed by atoms with E-state index in [4.69, 9.17) is 9.47 Å². The van der Waals surface area contributed by atoms with E-state index in [0.717, 1.165) is 49.6 Å². The van der Waals surface area contributed by atoms with E-state index in [9.17, 15) is 4.79 Å². The minimum atomic E-state index is -0.181. The van der Waals surface area contributed by atoms with Crippen molar-refractivity contribution in [3.05, 3.63) is 16.6 Å². The van der Waals surface area contributed by atoms with Crippen molar-refractivity contribution >= 4 is 17.2 Å². The lowest BCUT2D eigenvalue weighted by Crippen LogP contribution is -2.53. The number of aromatic nitrogens is 1. The summed E-state index contributed by atoms with van der Waals surface area (Å²) in [5.74, 6) is 0.877. The van der Waals surface area contributed by atoms with Crippen molar-refractivity contribution in [2.75, 3.05) is 20.3 Å². The Morgan fingerprint density at radius 1 is 1.43 bits per heavy atom. The van der Waals surface area contributed by atoms with Crippen LogP contribution in [0.25, 0.3) is 0 Å². The molecule has 1 aromatic heterocycles. The lowest BCUT2D eigenvalue weighted by atomic mass is 9.79. The topological polar surface area (TPSA) is 51.7 Å². The normalized spacial score (nSPS) is 33.7. The highest BCUT2D eigenvalue weighted by molar-refractivity contribution is 7.11. The largest absolute Gasteiger partial charge is 0.378 e. The van der Waals surface area contributed by atoms with Gasteiger partial charge in [0.15, 0.2) is 0 Å². The number of hydrogen-bond donors (Lipinski definition) is 0. The highest BCUT2D eigenvalue weighted by atomic mass is 32.1. The molecule has 0 spiro atoms. The average Bonchev–Trinajstić information content (AvgIpc) is 3.11. The van der Waals surface area contributed by atoms with Gasteiger partial charge in [-0.1, -0.05) is 0 Å². The van der Waals surface area contributed by atoms with Gasteiger partial charge in [-0.05, 0) is 44.4 Å². The quantitative estimate of drug-likeness (QED) is 0.830. The van der Waals surface area contributed by atoms with Crippen molar-refractivity contribution in [3.8, 4) is 0 Å². The van der Waals surface area contributed by atoms with Gasteiger partial charge in [-0.25, -0.2) is 0 Å². The summed E-state index contributed by atoms with van der Waals surface area (Å²) in [4.78, 5) is 19.6. The van der Waals surface area contributed by atoms with Crippen molar-refractivity contribution < 1.29 is 14.3 Å². The molecule has 0 radical (unpaired) electrons. The zero-order valence-corrected chi connectivity index (χ0v) is 14.4. The van der Waals surface area contributed by atoms with E-state index >= 15 is 0 Å². The second-order valence-electron chi connectivity index (χ2n) is 7.07. The molecule has 1 aromatic rings. The van der Waals surface area contributed by atoms with Crippen LogP contribution >= 0.6 is 11.3 Å². The molecule has 4 rings (SSSR count). The van der Waals surface area contributed by atoms with Gasteiger partial charge in [0.25, 0.3) is 5.91 Å². The maximum Gasteiger partial charge on any atom is 0.265 e. The maximum atomic E-state index is 12.8. The molecule has 126 valence electrons. The number of methoxy groups -OCH3 is 1. The zero-order valence-electron chi connectivity index (χ0n) is 13.6. The van der Waals surface area contributed by atoms with Crippen LogP contribution in [-0.4, -0.2) is 53.8 Å². The molecule has 23 heavy (non-hydrogen) atoms. The highest BCUT2D eigenvalue weighted by Crippen LogP contribution is 2.44. The number of rotatable bonds is 5. The Bertz CT molecular complexity index is 560. The summed E-state index contributed by atoms with van der Waals surface area (Å²) in [6.07, 6.45) is 8.40. The van der Waals surface area contributed by atoms with Crippen LogP contribution in [0.15, 0.2) is 11.7 Å². The van der Waals surface area contributed by atoms with Gasteiger partial charge in [-0.15, -0.1) is 11.3 Å². The Morgan fingerprint density at radius 2 is 2.30 bits per heavy atom. The van der Waals surface area contributed by atoms with E-state index in [1.807, 2.05) is 4.90 Å². The van der Waals surface area contributed by atoms with Gasteiger partial charge >= 0.3 is 0 Å². The lowest BCUT2D eigenvalue weighted by Gasteiger charge is -2.43. The Labute approximate surface area is 141 Å². The Kier molecular flexibility index (Phi) is 4.15. The summed E-state index contributed by atoms with van der Waals surface area (Å²) in [6.45, 7) is 1.66. The molecule has 2 heterocycles. The van der Waals surface area contributed by atoms with Crippen LogP contribution in [0.3, 0.4) is 0 Å². The van der Waals surface area contributed by atoms with Gasteiger partial charge in [0.1, 0.15) is 4.88 Å². The SMILES string of the molecule is CO[C@@]12CC[C@H](OCC3CC3)C[C@@H]1N(C(=O)c1cncs1)CC2. The van der Waals surface area contributed by atoms with Gasteiger partial charge in [-0.3, -0.25) is 9.78 Å². The molecule has 1 aliphatic heterocycles. The average molecular weight is 336 g/mol. The second-order valence-corrected chi connectivity index (χ2v) is 7.96. The van der Waals surface area contributed by atoms with E-state index in [1.165, 1.54) is 24.2 Å². The fraction of sp³-hybridized carbons (Fsp3) is 0.765. The molecule has 1 amide bonds. The molecule has 0 unspecified atom stereocenters. The number of ether oxygens (including phenoxy) is 2. The molecule has 5 nitrogen and oxygen atoms in total. The van der Waals surface area contributed by atoms with Crippen LogP contribution in [0.5, 0.6) is 0 Å². The molecule has 2 aliphatic carbocycles. The first-order valence-corrected chi connectivity index (χ1v) is 9.46. The van der Waals surface area contributed by atoms with Crippen LogP contribution in [0.2, 0.25) is 0 Å². The molecular weight excluding hydrogens is 312 g/mol. The van der Waals surface area contributed by atoms with Crippen molar-refractivity contribution in [2.45, 2.75) is 56.3 Å². The summed E-state index contributed by atoms with van der Waals surface area (Å²) >= 11 is 1.41. The van der Waals surface area contributed by atoms with Gasteiger partial charge in [0.2, 0.25) is 0 Å². The van der Waals surface area contributed by atoms with Crippen molar-refractivity contribution in [3.63, 3.8) is 0 Å². The minimum absolute atomic E-state index is 0.0965. The fourth-order valence-electron chi connectivity index (χ4n) is 4.08. The highest BCUT2D eigenvalue weighted by Gasteiger charge is 2.53. The molecule has 0 bridgehead atoms. The molecule has 3 fully saturated rings. The predicted octanol–water partition coefficient (Wildman–Crippen LogP) is 2.72. The van der Waals surface area contributed by atoms with Gasteiger partial charge < -0.3 is 14.4 Å².